The van der Waals surface area contributed by atoms with Crippen LogP contribution in [0.2, 0.25) is 0 Å². The number of rotatable bonds is 5. The molecule has 0 aliphatic carbocycles. The number of nitrogens with zero attached hydrogens (tertiary/aromatic N) is 3. The lowest BCUT2D eigenvalue weighted by Crippen LogP contribution is -2.27. The third-order valence-corrected chi connectivity index (χ3v) is 3.82. The summed E-state index contributed by atoms with van der Waals surface area (Å²) < 4.78 is 5.33. The summed E-state index contributed by atoms with van der Waals surface area (Å²) in [5, 5.41) is 6.27. The summed E-state index contributed by atoms with van der Waals surface area (Å²) >= 11 is 1.97. The molecule has 1 aliphatic rings. The van der Waals surface area contributed by atoms with Crippen LogP contribution in [-0.2, 0) is 0 Å². The van der Waals surface area contributed by atoms with Gasteiger partial charge in [-0.15, -0.1) is 0 Å². The first-order valence-corrected chi connectivity index (χ1v) is 7.38. The van der Waals surface area contributed by atoms with E-state index in [0.29, 0.717) is 30.6 Å². The number of nitrogens with one attached hydrogen (secondary N) is 2. The van der Waals surface area contributed by atoms with Crippen molar-refractivity contribution in [2.75, 3.05) is 35.8 Å². The Hall–Kier alpha value is -1.24. The van der Waals surface area contributed by atoms with Gasteiger partial charge in [-0.25, -0.2) is 0 Å². The molecular weight excluding hydrogens is 250 g/mol. The maximum absolute atomic E-state index is 5.33. The minimum absolute atomic E-state index is 0.364. The summed E-state index contributed by atoms with van der Waals surface area (Å²) in [4.78, 5) is 12.7. The first kappa shape index (κ1) is 13.2. The fraction of sp³-hybridized carbons (Fsp3) is 0.727. The third-order valence-electron chi connectivity index (χ3n) is 2.61. The van der Waals surface area contributed by atoms with Gasteiger partial charge in [-0.3, -0.25) is 0 Å². The summed E-state index contributed by atoms with van der Waals surface area (Å²) in [5.41, 5.74) is 0. The van der Waals surface area contributed by atoms with Crippen molar-refractivity contribution in [2.45, 2.75) is 25.8 Å². The second-order valence-corrected chi connectivity index (χ2v) is 5.16. The number of hydrogen-bond acceptors (Lipinski definition) is 7. The van der Waals surface area contributed by atoms with Crippen molar-refractivity contribution in [3.8, 4) is 6.01 Å². The topological polar surface area (TPSA) is 72.0 Å². The van der Waals surface area contributed by atoms with Crippen molar-refractivity contribution < 1.29 is 4.74 Å². The number of aromatic nitrogens is 3. The van der Waals surface area contributed by atoms with Crippen LogP contribution in [0.25, 0.3) is 0 Å². The Morgan fingerprint density at radius 2 is 2.17 bits per heavy atom. The van der Waals surface area contributed by atoms with E-state index in [9.17, 15) is 0 Å². The highest BCUT2D eigenvalue weighted by Gasteiger charge is 2.15. The molecule has 2 N–H and O–H groups in total. The van der Waals surface area contributed by atoms with Crippen LogP contribution in [0.4, 0.5) is 11.9 Å². The molecular formula is C11H19N5OS. The van der Waals surface area contributed by atoms with Gasteiger partial charge < -0.3 is 15.4 Å². The van der Waals surface area contributed by atoms with E-state index in [-0.39, 0.29) is 0 Å². The molecule has 1 unspecified atom stereocenters. The molecule has 6 nitrogen and oxygen atoms in total. The van der Waals surface area contributed by atoms with Crippen molar-refractivity contribution in [3.05, 3.63) is 0 Å². The van der Waals surface area contributed by atoms with Gasteiger partial charge in [0.25, 0.3) is 0 Å². The van der Waals surface area contributed by atoms with Crippen LogP contribution in [0.5, 0.6) is 6.01 Å². The average Bonchev–Trinajstić information content (AvgIpc) is 2.40. The maximum Gasteiger partial charge on any atom is 0.323 e. The van der Waals surface area contributed by atoms with Gasteiger partial charge >= 0.3 is 6.01 Å². The molecule has 0 amide bonds. The van der Waals surface area contributed by atoms with Crippen LogP contribution in [0.3, 0.4) is 0 Å². The molecule has 0 saturated carbocycles. The molecule has 2 rings (SSSR count). The molecule has 7 heteroatoms. The van der Waals surface area contributed by atoms with E-state index in [1.54, 1.807) is 7.05 Å². The standard InChI is InChI=1S/C11H19N5OS/c1-3-17-11-15-9(12-2)14-10(16-11)13-8-5-4-6-18-7-8/h8H,3-7H2,1-2H3,(H2,12,13,14,15,16). The van der Waals surface area contributed by atoms with Gasteiger partial charge in [0.05, 0.1) is 6.61 Å². The zero-order valence-electron chi connectivity index (χ0n) is 10.8. The highest BCUT2D eigenvalue weighted by Crippen LogP contribution is 2.20. The Kier molecular flexibility index (Phi) is 4.86. The SMILES string of the molecule is CCOc1nc(NC)nc(NC2CCCSC2)n1. The van der Waals surface area contributed by atoms with E-state index in [0.717, 1.165) is 12.2 Å². The van der Waals surface area contributed by atoms with Gasteiger partial charge in [0.2, 0.25) is 11.9 Å². The Labute approximate surface area is 111 Å². The maximum atomic E-state index is 5.33. The zero-order chi connectivity index (χ0) is 12.8. The van der Waals surface area contributed by atoms with E-state index in [4.69, 9.17) is 4.74 Å². The summed E-state index contributed by atoms with van der Waals surface area (Å²) in [6.45, 7) is 2.46. The van der Waals surface area contributed by atoms with Crippen LogP contribution in [-0.4, -0.2) is 46.2 Å². The van der Waals surface area contributed by atoms with E-state index < -0.39 is 0 Å². The largest absolute Gasteiger partial charge is 0.464 e. The van der Waals surface area contributed by atoms with Crippen LogP contribution < -0.4 is 15.4 Å². The molecule has 0 bridgehead atoms. The summed E-state index contributed by atoms with van der Waals surface area (Å²) in [6, 6.07) is 0.799. The van der Waals surface area contributed by atoms with Crippen molar-refractivity contribution in [2.24, 2.45) is 0 Å². The van der Waals surface area contributed by atoms with Crippen LogP contribution in [0.15, 0.2) is 0 Å². The molecule has 1 fully saturated rings. The third kappa shape index (κ3) is 3.63. The number of hydrogen-bond donors (Lipinski definition) is 2. The number of ether oxygens (including phenoxy) is 1. The van der Waals surface area contributed by atoms with E-state index >= 15 is 0 Å². The van der Waals surface area contributed by atoms with Gasteiger partial charge in [0.1, 0.15) is 0 Å². The summed E-state index contributed by atoms with van der Waals surface area (Å²) in [5.74, 6) is 3.47. The second kappa shape index (κ2) is 6.63. The Morgan fingerprint density at radius 3 is 2.83 bits per heavy atom. The Morgan fingerprint density at radius 1 is 1.33 bits per heavy atom. The Balaban J connectivity index is 2.07. The van der Waals surface area contributed by atoms with Crippen molar-refractivity contribution in [3.63, 3.8) is 0 Å². The lowest BCUT2D eigenvalue weighted by molar-refractivity contribution is 0.312. The molecule has 100 valence electrons. The van der Waals surface area contributed by atoms with E-state index in [1.165, 1.54) is 12.2 Å². The fourth-order valence-corrected chi connectivity index (χ4v) is 2.84. The first-order chi connectivity index (χ1) is 8.81. The molecule has 0 aromatic carbocycles. The van der Waals surface area contributed by atoms with Crippen LogP contribution >= 0.6 is 11.8 Å². The van der Waals surface area contributed by atoms with E-state index in [2.05, 4.69) is 25.6 Å². The van der Waals surface area contributed by atoms with Crippen molar-refractivity contribution in [1.82, 2.24) is 15.0 Å². The molecule has 1 aliphatic heterocycles. The van der Waals surface area contributed by atoms with Crippen LogP contribution in [0, 0.1) is 0 Å². The minimum Gasteiger partial charge on any atom is -0.464 e. The van der Waals surface area contributed by atoms with Gasteiger partial charge in [0.15, 0.2) is 0 Å². The fourth-order valence-electron chi connectivity index (χ4n) is 1.76. The highest BCUT2D eigenvalue weighted by atomic mass is 32.2. The smallest absolute Gasteiger partial charge is 0.323 e. The van der Waals surface area contributed by atoms with Crippen molar-refractivity contribution in [1.29, 1.82) is 0 Å². The zero-order valence-corrected chi connectivity index (χ0v) is 11.6. The number of thioether (sulfide) groups is 1. The molecule has 0 spiro atoms. The van der Waals surface area contributed by atoms with Gasteiger partial charge in [-0.05, 0) is 25.5 Å². The normalized spacial score (nSPS) is 19.3. The monoisotopic (exact) mass is 269 g/mol. The van der Waals surface area contributed by atoms with Gasteiger partial charge in [0, 0.05) is 18.8 Å². The minimum atomic E-state index is 0.364. The predicted molar refractivity (Wildman–Crippen MR) is 74.5 cm³/mol. The highest BCUT2D eigenvalue weighted by molar-refractivity contribution is 7.99. The molecule has 1 atom stereocenters. The van der Waals surface area contributed by atoms with E-state index in [1.807, 2.05) is 18.7 Å². The summed E-state index contributed by atoms with van der Waals surface area (Å²) in [7, 11) is 1.78. The Bertz CT molecular complexity index is 384. The van der Waals surface area contributed by atoms with Gasteiger partial charge in [-0.2, -0.15) is 26.7 Å². The molecule has 2 heterocycles. The summed E-state index contributed by atoms with van der Waals surface area (Å²) in [6.07, 6.45) is 2.40. The first-order valence-electron chi connectivity index (χ1n) is 6.22. The molecule has 1 aromatic heterocycles. The van der Waals surface area contributed by atoms with Crippen molar-refractivity contribution >= 4 is 23.7 Å². The second-order valence-electron chi connectivity index (χ2n) is 4.01. The molecule has 18 heavy (non-hydrogen) atoms. The quantitative estimate of drug-likeness (QED) is 0.841. The molecule has 1 aromatic rings. The average molecular weight is 269 g/mol. The van der Waals surface area contributed by atoms with Crippen LogP contribution in [0.1, 0.15) is 19.8 Å². The lowest BCUT2D eigenvalue weighted by Gasteiger charge is -2.22. The molecule has 0 radical (unpaired) electrons. The molecule has 1 saturated heterocycles. The lowest BCUT2D eigenvalue weighted by atomic mass is 10.2. The van der Waals surface area contributed by atoms with Gasteiger partial charge in [-0.1, -0.05) is 0 Å². The predicted octanol–water partition coefficient (Wildman–Crippen LogP) is 1.62. The number of anilines is 2.